The van der Waals surface area contributed by atoms with Gasteiger partial charge in [-0.2, -0.15) is 0 Å². The Hall–Kier alpha value is -1.06. The number of esters is 2. The maximum Gasteiger partial charge on any atom is 0.306 e. The molecule has 4 nitrogen and oxygen atoms in total. The average Bonchev–Trinajstić information content (AvgIpc) is 2.33. The Morgan fingerprint density at radius 3 is 1.47 bits per heavy atom. The van der Waals surface area contributed by atoms with Crippen molar-refractivity contribution < 1.29 is 19.1 Å². The molecular formula is C15H28O4. The van der Waals surface area contributed by atoms with Crippen LogP contribution >= 0.6 is 0 Å². The van der Waals surface area contributed by atoms with Gasteiger partial charge < -0.3 is 9.47 Å². The molecule has 0 aromatic rings. The SMILES string of the molecule is CCC(CC(=O)OCC(C)C)CC(=O)OCC(C)C. The van der Waals surface area contributed by atoms with E-state index in [1.807, 2.05) is 34.6 Å². The fourth-order valence-electron chi connectivity index (χ4n) is 1.47. The van der Waals surface area contributed by atoms with E-state index in [1.165, 1.54) is 0 Å². The van der Waals surface area contributed by atoms with Crippen LogP contribution < -0.4 is 0 Å². The van der Waals surface area contributed by atoms with E-state index in [4.69, 9.17) is 9.47 Å². The molecule has 0 unspecified atom stereocenters. The van der Waals surface area contributed by atoms with Crippen molar-refractivity contribution in [1.29, 1.82) is 0 Å². The molecule has 0 fully saturated rings. The number of carbonyl (C=O) groups excluding carboxylic acids is 2. The van der Waals surface area contributed by atoms with E-state index in [0.717, 1.165) is 6.42 Å². The summed E-state index contributed by atoms with van der Waals surface area (Å²) >= 11 is 0. The first kappa shape index (κ1) is 17.9. The predicted molar refractivity (Wildman–Crippen MR) is 74.6 cm³/mol. The molecule has 0 atom stereocenters. The molecule has 4 heteroatoms. The van der Waals surface area contributed by atoms with E-state index in [1.54, 1.807) is 0 Å². The van der Waals surface area contributed by atoms with Crippen LogP contribution in [-0.2, 0) is 19.1 Å². The number of ether oxygens (including phenoxy) is 2. The molecule has 0 aliphatic rings. The van der Waals surface area contributed by atoms with Crippen molar-refractivity contribution in [3.8, 4) is 0 Å². The van der Waals surface area contributed by atoms with Gasteiger partial charge in [-0.05, 0) is 17.8 Å². The molecule has 0 radical (unpaired) electrons. The van der Waals surface area contributed by atoms with Gasteiger partial charge in [-0.1, -0.05) is 41.0 Å². The monoisotopic (exact) mass is 272 g/mol. The van der Waals surface area contributed by atoms with Crippen molar-refractivity contribution in [2.75, 3.05) is 13.2 Å². The summed E-state index contributed by atoms with van der Waals surface area (Å²) < 4.78 is 10.2. The van der Waals surface area contributed by atoms with Gasteiger partial charge in [-0.3, -0.25) is 9.59 Å². The predicted octanol–water partition coefficient (Wildman–Crippen LogP) is 3.19. The minimum Gasteiger partial charge on any atom is -0.465 e. The molecule has 0 aromatic heterocycles. The molecule has 0 aliphatic carbocycles. The van der Waals surface area contributed by atoms with Crippen LogP contribution in [0.2, 0.25) is 0 Å². The zero-order valence-corrected chi connectivity index (χ0v) is 12.9. The van der Waals surface area contributed by atoms with Crippen LogP contribution in [-0.4, -0.2) is 25.2 Å². The van der Waals surface area contributed by atoms with E-state index in [0.29, 0.717) is 37.9 Å². The van der Waals surface area contributed by atoms with Crippen LogP contribution in [0.4, 0.5) is 0 Å². The van der Waals surface area contributed by atoms with Gasteiger partial charge in [-0.25, -0.2) is 0 Å². The van der Waals surface area contributed by atoms with Crippen molar-refractivity contribution in [2.45, 2.75) is 53.9 Å². The van der Waals surface area contributed by atoms with Crippen LogP contribution in [0.25, 0.3) is 0 Å². The van der Waals surface area contributed by atoms with Crippen molar-refractivity contribution in [1.82, 2.24) is 0 Å². The largest absolute Gasteiger partial charge is 0.465 e. The lowest BCUT2D eigenvalue weighted by Gasteiger charge is -2.15. The lowest BCUT2D eigenvalue weighted by molar-refractivity contribution is -0.148. The van der Waals surface area contributed by atoms with Crippen LogP contribution in [0, 0.1) is 17.8 Å². The highest BCUT2D eigenvalue weighted by Crippen LogP contribution is 2.15. The molecule has 0 saturated carbocycles. The molecule has 0 bridgehead atoms. The summed E-state index contributed by atoms with van der Waals surface area (Å²) in [7, 11) is 0. The summed E-state index contributed by atoms with van der Waals surface area (Å²) in [5.74, 6) is 0.230. The van der Waals surface area contributed by atoms with E-state index in [2.05, 4.69) is 0 Å². The summed E-state index contributed by atoms with van der Waals surface area (Å²) in [5.41, 5.74) is 0. The summed E-state index contributed by atoms with van der Waals surface area (Å²) in [6.45, 7) is 10.8. The second-order valence-corrected chi connectivity index (χ2v) is 5.84. The Labute approximate surface area is 116 Å². The molecule has 0 spiro atoms. The fourth-order valence-corrected chi connectivity index (χ4v) is 1.47. The lowest BCUT2D eigenvalue weighted by Crippen LogP contribution is -2.18. The summed E-state index contributed by atoms with van der Waals surface area (Å²) in [5, 5.41) is 0. The van der Waals surface area contributed by atoms with Gasteiger partial charge in [0.05, 0.1) is 13.2 Å². The third-order valence-electron chi connectivity index (χ3n) is 2.64. The third-order valence-corrected chi connectivity index (χ3v) is 2.64. The first-order valence-corrected chi connectivity index (χ1v) is 7.16. The molecule has 0 rings (SSSR count). The Bertz CT molecular complexity index is 245. The van der Waals surface area contributed by atoms with Crippen molar-refractivity contribution >= 4 is 11.9 Å². The molecule has 19 heavy (non-hydrogen) atoms. The Morgan fingerprint density at radius 2 is 1.21 bits per heavy atom. The number of hydrogen-bond donors (Lipinski definition) is 0. The van der Waals surface area contributed by atoms with Gasteiger partial charge in [0.25, 0.3) is 0 Å². The minimum absolute atomic E-state index is 0.0133. The Morgan fingerprint density at radius 1 is 0.842 bits per heavy atom. The fraction of sp³-hybridized carbons (Fsp3) is 0.867. The maximum absolute atomic E-state index is 11.6. The molecule has 0 heterocycles. The summed E-state index contributed by atoms with van der Waals surface area (Å²) in [6, 6.07) is 0. The van der Waals surface area contributed by atoms with Crippen LogP contribution in [0.3, 0.4) is 0 Å². The average molecular weight is 272 g/mol. The van der Waals surface area contributed by atoms with Gasteiger partial charge in [0.1, 0.15) is 0 Å². The molecular weight excluding hydrogens is 244 g/mol. The molecule has 0 saturated heterocycles. The first-order chi connectivity index (χ1) is 8.85. The van der Waals surface area contributed by atoms with Crippen molar-refractivity contribution in [2.24, 2.45) is 17.8 Å². The van der Waals surface area contributed by atoms with Crippen molar-refractivity contribution in [3.63, 3.8) is 0 Å². The van der Waals surface area contributed by atoms with E-state index < -0.39 is 0 Å². The lowest BCUT2D eigenvalue weighted by atomic mass is 9.99. The zero-order valence-electron chi connectivity index (χ0n) is 12.9. The molecule has 0 aromatic carbocycles. The Kier molecular flexibility index (Phi) is 9.27. The molecule has 112 valence electrons. The standard InChI is InChI=1S/C15H28O4/c1-6-13(7-14(16)18-9-11(2)3)8-15(17)19-10-12(4)5/h11-13H,6-10H2,1-5H3. The Balaban J connectivity index is 3.99. The van der Waals surface area contributed by atoms with Gasteiger partial charge in [0, 0.05) is 12.8 Å². The highest BCUT2D eigenvalue weighted by Gasteiger charge is 2.18. The molecule has 0 amide bonds. The number of hydrogen-bond acceptors (Lipinski definition) is 4. The van der Waals surface area contributed by atoms with Gasteiger partial charge in [-0.15, -0.1) is 0 Å². The second-order valence-electron chi connectivity index (χ2n) is 5.84. The van der Waals surface area contributed by atoms with Gasteiger partial charge in [0.2, 0.25) is 0 Å². The van der Waals surface area contributed by atoms with Crippen LogP contribution in [0.15, 0.2) is 0 Å². The normalized spacial score (nSPS) is 11.2. The topological polar surface area (TPSA) is 52.6 Å². The minimum atomic E-state index is -0.225. The highest BCUT2D eigenvalue weighted by molar-refractivity contribution is 5.73. The summed E-state index contributed by atoms with van der Waals surface area (Å²) in [6.07, 6.45) is 1.35. The third kappa shape index (κ3) is 10.5. The van der Waals surface area contributed by atoms with E-state index in [9.17, 15) is 9.59 Å². The number of carbonyl (C=O) groups is 2. The quantitative estimate of drug-likeness (QED) is 0.605. The van der Waals surface area contributed by atoms with Crippen LogP contribution in [0.1, 0.15) is 53.9 Å². The highest BCUT2D eigenvalue weighted by atomic mass is 16.5. The second kappa shape index (κ2) is 9.82. The van der Waals surface area contributed by atoms with Gasteiger partial charge in [0.15, 0.2) is 0 Å². The van der Waals surface area contributed by atoms with Crippen molar-refractivity contribution in [3.05, 3.63) is 0 Å². The van der Waals surface area contributed by atoms with Crippen LogP contribution in [0.5, 0.6) is 0 Å². The number of rotatable bonds is 9. The molecule has 0 N–H and O–H groups in total. The summed E-state index contributed by atoms with van der Waals surface area (Å²) in [4.78, 5) is 23.2. The zero-order chi connectivity index (χ0) is 14.8. The van der Waals surface area contributed by atoms with Gasteiger partial charge >= 0.3 is 11.9 Å². The molecule has 0 aliphatic heterocycles. The smallest absolute Gasteiger partial charge is 0.306 e. The van der Waals surface area contributed by atoms with E-state index in [-0.39, 0.29) is 17.9 Å². The van der Waals surface area contributed by atoms with E-state index >= 15 is 0 Å². The first-order valence-electron chi connectivity index (χ1n) is 7.16. The maximum atomic E-state index is 11.6.